The molecule has 4 N–H and O–H groups in total. The molecule has 0 radical (unpaired) electrons. The first kappa shape index (κ1) is 19.7. The third-order valence-electron chi connectivity index (χ3n) is 4.18. The van der Waals surface area contributed by atoms with Crippen molar-refractivity contribution in [3.05, 3.63) is 67.5 Å². The minimum Gasteiger partial charge on any atom is -0.492 e. The van der Waals surface area contributed by atoms with E-state index in [0.29, 0.717) is 10.6 Å². The smallest absolute Gasteiger partial charge is 0.335 e. The summed E-state index contributed by atoms with van der Waals surface area (Å²) in [6.07, 6.45) is 0. The van der Waals surface area contributed by atoms with Crippen molar-refractivity contribution in [3.8, 4) is 5.88 Å². The molecule has 0 atom stereocenters. The van der Waals surface area contributed by atoms with Crippen molar-refractivity contribution in [2.75, 3.05) is 5.32 Å². The van der Waals surface area contributed by atoms with Crippen molar-refractivity contribution in [1.29, 1.82) is 0 Å². The number of nitrogens with zero attached hydrogens (tertiary/aromatic N) is 2. The Morgan fingerprint density at radius 2 is 1.70 bits per heavy atom. The van der Waals surface area contributed by atoms with Crippen LogP contribution in [0.15, 0.2) is 45.9 Å². The molecule has 0 bridgehead atoms. The van der Waals surface area contributed by atoms with E-state index in [1.165, 1.54) is 12.1 Å². The number of amides is 1. The Bertz CT molecular complexity index is 1350. The Morgan fingerprint density at radius 3 is 2.33 bits per heavy atom. The number of aromatic carboxylic acids is 2. The van der Waals surface area contributed by atoms with E-state index in [1.807, 2.05) is 0 Å². The summed E-state index contributed by atoms with van der Waals surface area (Å²) in [6.45, 7) is 0. The van der Waals surface area contributed by atoms with Crippen molar-refractivity contribution < 1.29 is 29.7 Å². The van der Waals surface area contributed by atoms with Gasteiger partial charge >= 0.3 is 11.9 Å². The third-order valence-corrected chi connectivity index (χ3v) is 5.65. The van der Waals surface area contributed by atoms with Crippen LogP contribution in [0, 0.1) is 0 Å². The Hall–Kier alpha value is -3.57. The number of aromatic hydroxyl groups is 1. The van der Waals surface area contributed by atoms with Gasteiger partial charge in [0.15, 0.2) is 5.13 Å². The van der Waals surface area contributed by atoms with Gasteiger partial charge in [0.1, 0.15) is 4.88 Å². The minimum atomic E-state index is -1.29. The molecule has 0 spiro atoms. The van der Waals surface area contributed by atoms with E-state index in [0.717, 1.165) is 21.9 Å². The van der Waals surface area contributed by atoms with Gasteiger partial charge in [0, 0.05) is 15.4 Å². The van der Waals surface area contributed by atoms with Crippen LogP contribution in [0.25, 0.3) is 5.57 Å². The zero-order valence-electron chi connectivity index (χ0n) is 14.7. The lowest BCUT2D eigenvalue weighted by Gasteiger charge is -2.06. The lowest BCUT2D eigenvalue weighted by molar-refractivity contribution is -0.112. The van der Waals surface area contributed by atoms with Gasteiger partial charge in [-0.1, -0.05) is 27.3 Å². The topological polar surface area (TPSA) is 149 Å². The van der Waals surface area contributed by atoms with Gasteiger partial charge < -0.3 is 20.6 Å². The maximum atomic E-state index is 12.4. The number of anilines is 2. The van der Waals surface area contributed by atoms with Crippen LogP contribution in [0.5, 0.6) is 5.88 Å². The summed E-state index contributed by atoms with van der Waals surface area (Å²) in [5.74, 6) is -3.50. The molecule has 4 rings (SSSR count). The normalized spacial score (nSPS) is 12.4. The molecule has 150 valence electrons. The summed E-state index contributed by atoms with van der Waals surface area (Å²) < 4.78 is 0.734. The fourth-order valence-electron chi connectivity index (χ4n) is 2.90. The predicted molar refractivity (Wildman–Crippen MR) is 110 cm³/mol. The van der Waals surface area contributed by atoms with Gasteiger partial charge in [-0.05, 0) is 36.4 Å². The van der Waals surface area contributed by atoms with Gasteiger partial charge in [-0.3, -0.25) is 4.79 Å². The number of benzene rings is 2. The maximum absolute atomic E-state index is 12.4. The Labute approximate surface area is 179 Å². The molecule has 1 aliphatic rings. The Balaban J connectivity index is 1.77. The van der Waals surface area contributed by atoms with E-state index in [9.17, 15) is 29.7 Å². The highest BCUT2D eigenvalue weighted by Crippen LogP contribution is 2.35. The number of carbonyl (C=O) groups excluding carboxylic acids is 1. The number of carboxylic acids is 2. The van der Waals surface area contributed by atoms with E-state index in [-0.39, 0.29) is 32.4 Å². The van der Waals surface area contributed by atoms with Gasteiger partial charge in [0.25, 0.3) is 5.91 Å². The second-order valence-electron chi connectivity index (χ2n) is 6.16. The van der Waals surface area contributed by atoms with Gasteiger partial charge in [-0.25, -0.2) is 14.6 Å². The first-order chi connectivity index (χ1) is 14.2. The molecule has 1 aromatic heterocycles. The second-order valence-corrected chi connectivity index (χ2v) is 8.07. The average Bonchev–Trinajstić information content (AvgIpc) is 3.19. The van der Waals surface area contributed by atoms with Crippen LogP contribution >= 0.6 is 27.3 Å². The highest BCUT2D eigenvalue weighted by Gasteiger charge is 2.25. The Morgan fingerprint density at radius 1 is 1.03 bits per heavy atom. The van der Waals surface area contributed by atoms with Gasteiger partial charge in [0.2, 0.25) is 5.88 Å². The maximum Gasteiger partial charge on any atom is 0.335 e. The number of carboxylic acid groups (broad SMARTS) is 2. The highest BCUT2D eigenvalue weighted by molar-refractivity contribution is 9.10. The number of rotatable bonds is 5. The zero-order chi connectivity index (χ0) is 21.6. The van der Waals surface area contributed by atoms with Crippen LogP contribution in [0.4, 0.5) is 10.8 Å². The molecule has 0 saturated carbocycles. The first-order valence-corrected chi connectivity index (χ1v) is 9.85. The van der Waals surface area contributed by atoms with E-state index in [1.54, 1.807) is 18.2 Å². The summed E-state index contributed by atoms with van der Waals surface area (Å²) >= 11 is 4.29. The predicted octanol–water partition coefficient (Wildman–Crippen LogP) is 2.11. The Kier molecular flexibility index (Phi) is 4.84. The molecule has 0 unspecified atom stereocenters. The molecule has 1 amide bonds. The van der Waals surface area contributed by atoms with Crippen LogP contribution < -0.4 is 15.9 Å². The third kappa shape index (κ3) is 3.55. The van der Waals surface area contributed by atoms with Crippen molar-refractivity contribution in [2.24, 2.45) is 4.99 Å². The molecule has 9 nitrogen and oxygen atoms in total. The fourth-order valence-corrected chi connectivity index (χ4v) is 4.20. The molecular formula is C19H10BrN3O6S. The SMILES string of the molecule is O=C1N=c2ccc(Br)cc2=C1c1sc(Nc2cc(C(=O)O)cc(C(=O)O)c2)nc1O. The second kappa shape index (κ2) is 7.35. The van der Waals surface area contributed by atoms with Gasteiger partial charge in [-0.15, -0.1) is 0 Å². The van der Waals surface area contributed by atoms with Crippen molar-refractivity contribution in [2.45, 2.75) is 0 Å². The van der Waals surface area contributed by atoms with E-state index in [4.69, 9.17) is 0 Å². The number of thiazole rings is 1. The van der Waals surface area contributed by atoms with E-state index >= 15 is 0 Å². The number of nitrogens with one attached hydrogen (secondary N) is 1. The number of fused-ring (bicyclic) bond motifs is 1. The average molecular weight is 488 g/mol. The molecule has 3 aromatic rings. The van der Waals surface area contributed by atoms with Crippen LogP contribution in [0.3, 0.4) is 0 Å². The molecule has 0 fully saturated rings. The molecular weight excluding hydrogens is 478 g/mol. The van der Waals surface area contributed by atoms with Crippen LogP contribution in [-0.4, -0.2) is 38.1 Å². The summed E-state index contributed by atoms with van der Waals surface area (Å²) in [7, 11) is 0. The minimum absolute atomic E-state index is 0.144. The molecule has 11 heteroatoms. The molecule has 0 saturated heterocycles. The first-order valence-electron chi connectivity index (χ1n) is 8.24. The number of hydrogen-bond donors (Lipinski definition) is 4. The number of halogens is 1. The highest BCUT2D eigenvalue weighted by atomic mass is 79.9. The molecule has 2 aromatic carbocycles. The van der Waals surface area contributed by atoms with Crippen molar-refractivity contribution >= 4 is 61.5 Å². The molecule has 1 aliphatic heterocycles. The zero-order valence-corrected chi connectivity index (χ0v) is 17.1. The number of carbonyl (C=O) groups is 3. The number of hydrogen-bond acceptors (Lipinski definition) is 7. The van der Waals surface area contributed by atoms with Gasteiger partial charge in [0.05, 0.1) is 22.1 Å². The molecule has 30 heavy (non-hydrogen) atoms. The molecule has 2 heterocycles. The van der Waals surface area contributed by atoms with Crippen LogP contribution in [0.2, 0.25) is 0 Å². The monoisotopic (exact) mass is 487 g/mol. The lowest BCUT2D eigenvalue weighted by Crippen LogP contribution is -2.22. The standard InChI is InChI=1S/C19H10BrN3O6S/c20-9-1-2-12-11(6-9)13(15(24)22-12)14-16(25)23-19(30-14)21-10-4-7(17(26)27)3-8(5-10)18(28)29/h1-6,25H,(H,21,23)(H,26,27)(H,28,29). The van der Waals surface area contributed by atoms with Crippen LogP contribution in [-0.2, 0) is 4.79 Å². The summed E-state index contributed by atoms with van der Waals surface area (Å²) in [4.78, 5) is 43.1. The summed E-state index contributed by atoms with van der Waals surface area (Å²) in [6, 6.07) is 8.63. The summed E-state index contributed by atoms with van der Waals surface area (Å²) in [5.41, 5.74) is -0.101. The lowest BCUT2D eigenvalue weighted by atomic mass is 10.1. The molecule has 0 aliphatic carbocycles. The number of aromatic nitrogens is 1. The van der Waals surface area contributed by atoms with E-state index < -0.39 is 23.7 Å². The van der Waals surface area contributed by atoms with Crippen molar-refractivity contribution in [3.63, 3.8) is 0 Å². The summed E-state index contributed by atoms with van der Waals surface area (Å²) in [5, 5.41) is 32.6. The van der Waals surface area contributed by atoms with Crippen molar-refractivity contribution in [1.82, 2.24) is 4.98 Å². The fraction of sp³-hybridized carbons (Fsp3) is 0. The van der Waals surface area contributed by atoms with Crippen LogP contribution in [0.1, 0.15) is 25.6 Å². The van der Waals surface area contributed by atoms with E-state index in [2.05, 4.69) is 31.2 Å². The quantitative estimate of drug-likeness (QED) is 0.427. The largest absolute Gasteiger partial charge is 0.492 e. The van der Waals surface area contributed by atoms with Gasteiger partial charge in [-0.2, -0.15) is 4.98 Å².